The lowest BCUT2D eigenvalue weighted by Crippen LogP contribution is -2.21. The standard InChI is InChI=1S/C10H16F3N3S/c1-8(2)14-5-9-6-16(7-15-9)3-4-17-10(11,12)13/h6-8,14H,3-5H2,1-2H3. The van der Waals surface area contributed by atoms with Gasteiger partial charge in [-0.2, -0.15) is 13.2 Å². The largest absolute Gasteiger partial charge is 0.441 e. The highest BCUT2D eigenvalue weighted by Crippen LogP contribution is 2.29. The van der Waals surface area contributed by atoms with Crippen LogP contribution in [-0.4, -0.2) is 26.9 Å². The molecule has 17 heavy (non-hydrogen) atoms. The quantitative estimate of drug-likeness (QED) is 0.859. The van der Waals surface area contributed by atoms with Crippen LogP contribution >= 0.6 is 11.8 Å². The van der Waals surface area contributed by atoms with Crippen molar-refractivity contribution in [3.8, 4) is 0 Å². The molecule has 0 unspecified atom stereocenters. The Bertz CT molecular complexity index is 336. The van der Waals surface area contributed by atoms with Crippen molar-refractivity contribution in [2.75, 3.05) is 5.75 Å². The average molecular weight is 267 g/mol. The summed E-state index contributed by atoms with van der Waals surface area (Å²) in [5, 5.41) is 3.19. The summed E-state index contributed by atoms with van der Waals surface area (Å²) in [7, 11) is 0. The minimum absolute atomic E-state index is 0.00832. The Balaban J connectivity index is 2.31. The number of nitrogens with one attached hydrogen (secondary N) is 1. The van der Waals surface area contributed by atoms with Gasteiger partial charge in [0.2, 0.25) is 0 Å². The minimum atomic E-state index is -4.15. The van der Waals surface area contributed by atoms with E-state index in [1.54, 1.807) is 17.1 Å². The number of hydrogen-bond donors (Lipinski definition) is 1. The molecule has 0 amide bonds. The first-order valence-electron chi connectivity index (χ1n) is 5.31. The van der Waals surface area contributed by atoms with Crippen molar-refractivity contribution in [3.05, 3.63) is 18.2 Å². The van der Waals surface area contributed by atoms with Gasteiger partial charge in [-0.1, -0.05) is 13.8 Å². The third-order valence-corrected chi connectivity index (χ3v) is 2.71. The number of thioether (sulfide) groups is 1. The molecule has 98 valence electrons. The van der Waals surface area contributed by atoms with E-state index in [-0.39, 0.29) is 17.5 Å². The maximum Gasteiger partial charge on any atom is 0.441 e. The number of alkyl halides is 3. The summed E-state index contributed by atoms with van der Waals surface area (Å²) in [6.07, 6.45) is 3.33. The molecule has 0 fully saturated rings. The first-order valence-corrected chi connectivity index (χ1v) is 6.30. The maximum atomic E-state index is 11.9. The van der Waals surface area contributed by atoms with Crippen LogP contribution in [0.4, 0.5) is 13.2 Å². The number of rotatable bonds is 6. The fourth-order valence-electron chi connectivity index (χ4n) is 1.20. The lowest BCUT2D eigenvalue weighted by Gasteiger charge is -2.06. The van der Waals surface area contributed by atoms with E-state index < -0.39 is 5.51 Å². The number of nitrogens with zero attached hydrogens (tertiary/aromatic N) is 2. The molecule has 0 radical (unpaired) electrons. The number of hydrogen-bond acceptors (Lipinski definition) is 3. The molecule has 0 atom stereocenters. The second-order valence-corrected chi connectivity index (χ2v) is 5.09. The van der Waals surface area contributed by atoms with Gasteiger partial charge in [0.05, 0.1) is 12.0 Å². The summed E-state index contributed by atoms with van der Waals surface area (Å²) < 4.78 is 37.4. The topological polar surface area (TPSA) is 29.9 Å². The van der Waals surface area contributed by atoms with Gasteiger partial charge in [-0.15, -0.1) is 0 Å². The lowest BCUT2D eigenvalue weighted by molar-refractivity contribution is -0.0328. The summed E-state index contributed by atoms with van der Waals surface area (Å²) in [6, 6.07) is 0.362. The smallest absolute Gasteiger partial charge is 0.336 e. The Morgan fingerprint density at radius 1 is 1.47 bits per heavy atom. The molecule has 0 aliphatic heterocycles. The van der Waals surface area contributed by atoms with E-state index in [0.29, 0.717) is 19.1 Å². The minimum Gasteiger partial charge on any atom is -0.336 e. The molecule has 0 saturated carbocycles. The first-order chi connectivity index (χ1) is 7.87. The molecule has 0 aliphatic rings. The van der Waals surface area contributed by atoms with Crippen molar-refractivity contribution in [2.45, 2.75) is 38.5 Å². The highest BCUT2D eigenvalue weighted by Gasteiger charge is 2.27. The number of aryl methyl sites for hydroxylation is 1. The van der Waals surface area contributed by atoms with Gasteiger partial charge >= 0.3 is 5.51 Å². The zero-order valence-electron chi connectivity index (χ0n) is 9.79. The molecule has 1 aromatic heterocycles. The van der Waals surface area contributed by atoms with Gasteiger partial charge in [0.15, 0.2) is 0 Å². The molecular formula is C10H16F3N3S. The van der Waals surface area contributed by atoms with Crippen LogP contribution < -0.4 is 5.32 Å². The Kier molecular flexibility index (Phi) is 5.32. The molecule has 1 N–H and O–H groups in total. The van der Waals surface area contributed by atoms with Crippen molar-refractivity contribution in [2.24, 2.45) is 0 Å². The van der Waals surface area contributed by atoms with Crippen LogP contribution in [0.15, 0.2) is 12.5 Å². The average Bonchev–Trinajstić information content (AvgIpc) is 2.61. The van der Waals surface area contributed by atoms with Crippen molar-refractivity contribution in [3.63, 3.8) is 0 Å². The molecular weight excluding hydrogens is 251 g/mol. The Morgan fingerprint density at radius 3 is 2.76 bits per heavy atom. The highest BCUT2D eigenvalue weighted by molar-refractivity contribution is 8.00. The summed E-state index contributed by atoms with van der Waals surface area (Å²) in [4.78, 5) is 4.11. The normalized spacial score (nSPS) is 12.4. The van der Waals surface area contributed by atoms with Crippen molar-refractivity contribution >= 4 is 11.8 Å². The monoisotopic (exact) mass is 267 g/mol. The third-order valence-electron chi connectivity index (χ3n) is 1.99. The van der Waals surface area contributed by atoms with Crippen molar-refractivity contribution < 1.29 is 13.2 Å². The van der Waals surface area contributed by atoms with Crippen LogP contribution in [0, 0.1) is 0 Å². The summed E-state index contributed by atoms with van der Waals surface area (Å²) >= 11 is -0.00832. The first kappa shape index (κ1) is 14.4. The Labute approximate surface area is 103 Å². The van der Waals surface area contributed by atoms with E-state index in [4.69, 9.17) is 0 Å². The van der Waals surface area contributed by atoms with Gasteiger partial charge in [0.1, 0.15) is 0 Å². The van der Waals surface area contributed by atoms with E-state index in [1.165, 1.54) is 0 Å². The second kappa shape index (κ2) is 6.30. The molecule has 1 heterocycles. The number of halogens is 3. The molecule has 0 saturated heterocycles. The highest BCUT2D eigenvalue weighted by atomic mass is 32.2. The number of imidazole rings is 1. The maximum absolute atomic E-state index is 11.9. The molecule has 1 rings (SSSR count). The summed E-state index contributed by atoms with van der Waals surface area (Å²) in [6.45, 7) is 5.00. The van der Waals surface area contributed by atoms with Crippen LogP contribution in [-0.2, 0) is 13.1 Å². The van der Waals surface area contributed by atoms with E-state index in [0.717, 1.165) is 5.69 Å². The Hall–Kier alpha value is -0.690. The van der Waals surface area contributed by atoms with Gasteiger partial charge in [-0.05, 0) is 11.8 Å². The van der Waals surface area contributed by atoms with Crippen molar-refractivity contribution in [1.82, 2.24) is 14.9 Å². The molecule has 0 aromatic carbocycles. The van der Waals surface area contributed by atoms with E-state index in [9.17, 15) is 13.2 Å². The zero-order chi connectivity index (χ0) is 12.9. The van der Waals surface area contributed by atoms with E-state index >= 15 is 0 Å². The Morgan fingerprint density at radius 2 is 2.18 bits per heavy atom. The van der Waals surface area contributed by atoms with E-state index in [1.807, 2.05) is 13.8 Å². The van der Waals surface area contributed by atoms with Crippen LogP contribution in [0.3, 0.4) is 0 Å². The summed E-state index contributed by atoms with van der Waals surface area (Å²) in [5.41, 5.74) is -3.31. The van der Waals surface area contributed by atoms with Crippen LogP contribution in [0.25, 0.3) is 0 Å². The van der Waals surface area contributed by atoms with Gasteiger partial charge in [0, 0.05) is 31.1 Å². The SMILES string of the molecule is CC(C)NCc1cn(CCSC(F)(F)F)cn1. The second-order valence-electron chi connectivity index (χ2n) is 3.93. The van der Waals surface area contributed by atoms with Gasteiger partial charge < -0.3 is 9.88 Å². The molecule has 3 nitrogen and oxygen atoms in total. The molecule has 1 aromatic rings. The zero-order valence-corrected chi connectivity index (χ0v) is 10.6. The third kappa shape index (κ3) is 6.58. The van der Waals surface area contributed by atoms with Gasteiger partial charge in [-0.3, -0.25) is 0 Å². The van der Waals surface area contributed by atoms with Crippen LogP contribution in [0.1, 0.15) is 19.5 Å². The van der Waals surface area contributed by atoms with E-state index in [2.05, 4.69) is 10.3 Å². The molecule has 0 spiro atoms. The summed E-state index contributed by atoms with van der Waals surface area (Å²) in [5.74, 6) is 0.0108. The van der Waals surface area contributed by atoms with Gasteiger partial charge in [-0.25, -0.2) is 4.98 Å². The van der Waals surface area contributed by atoms with Crippen LogP contribution in [0.2, 0.25) is 0 Å². The fraction of sp³-hybridized carbons (Fsp3) is 0.700. The molecule has 0 bridgehead atoms. The molecule has 7 heteroatoms. The predicted molar refractivity (Wildman–Crippen MR) is 62.7 cm³/mol. The van der Waals surface area contributed by atoms with Crippen molar-refractivity contribution in [1.29, 1.82) is 0 Å². The number of aromatic nitrogens is 2. The van der Waals surface area contributed by atoms with Gasteiger partial charge in [0.25, 0.3) is 0 Å². The predicted octanol–water partition coefficient (Wildman–Crippen LogP) is 2.63. The lowest BCUT2D eigenvalue weighted by atomic mass is 10.3. The molecule has 0 aliphatic carbocycles. The fourth-order valence-corrected chi connectivity index (χ4v) is 1.73. The van der Waals surface area contributed by atoms with Crippen LogP contribution in [0.5, 0.6) is 0 Å².